The first-order valence-electron chi connectivity index (χ1n) is 8.86. The van der Waals surface area contributed by atoms with Crippen molar-refractivity contribution >= 4 is 11.6 Å². The molecule has 146 valence electrons. The first-order valence-corrected chi connectivity index (χ1v) is 8.86. The maximum atomic E-state index is 12.8. The van der Waals surface area contributed by atoms with Gasteiger partial charge in [0.05, 0.1) is 14.2 Å². The SMILES string of the molecule is CCCn1c(N)c(C(=O)C[NH+](C)Cc2ccc(OC)cc2)c(=O)n(C)c1=O. The summed E-state index contributed by atoms with van der Waals surface area (Å²) in [5, 5.41) is 0. The van der Waals surface area contributed by atoms with Crippen molar-refractivity contribution in [3.8, 4) is 5.75 Å². The molecule has 0 aliphatic carbocycles. The van der Waals surface area contributed by atoms with Crippen LogP contribution in [0.5, 0.6) is 5.75 Å². The average Bonchev–Trinajstić information content (AvgIpc) is 2.64. The number of nitrogens with two attached hydrogens (primary N) is 1. The molecule has 1 aromatic heterocycles. The number of ether oxygens (including phenoxy) is 1. The number of carbonyl (C=O) groups excluding carboxylic acids is 1. The van der Waals surface area contributed by atoms with Crippen LogP contribution in [-0.4, -0.2) is 35.6 Å². The number of nitrogens with zero attached hydrogens (tertiary/aromatic N) is 2. The lowest BCUT2D eigenvalue weighted by Gasteiger charge is -2.16. The number of ketones is 1. The molecule has 0 radical (unpaired) electrons. The Morgan fingerprint density at radius 1 is 1.22 bits per heavy atom. The Hall–Kier alpha value is -2.87. The number of quaternary nitrogens is 1. The Bertz CT molecular complexity index is 928. The molecular formula is C19H27N4O4+. The smallest absolute Gasteiger partial charge is 0.332 e. The van der Waals surface area contributed by atoms with E-state index in [4.69, 9.17) is 10.5 Å². The molecule has 0 amide bonds. The van der Waals surface area contributed by atoms with Gasteiger partial charge < -0.3 is 15.4 Å². The second kappa shape index (κ2) is 8.68. The molecule has 0 fully saturated rings. The molecule has 0 bridgehead atoms. The van der Waals surface area contributed by atoms with Gasteiger partial charge in [0, 0.05) is 19.2 Å². The number of Topliss-reactive ketones (excluding diaryl/α,β-unsaturated/α-hetero) is 1. The number of nitrogen functional groups attached to an aromatic ring is 1. The van der Waals surface area contributed by atoms with Crippen molar-refractivity contribution in [2.45, 2.75) is 26.4 Å². The minimum atomic E-state index is -0.646. The third-order valence-electron chi connectivity index (χ3n) is 4.44. The van der Waals surface area contributed by atoms with E-state index in [9.17, 15) is 14.4 Å². The monoisotopic (exact) mass is 375 g/mol. The summed E-state index contributed by atoms with van der Waals surface area (Å²) in [5.74, 6) is 0.345. The Morgan fingerprint density at radius 3 is 2.41 bits per heavy atom. The van der Waals surface area contributed by atoms with Crippen LogP contribution in [-0.2, 0) is 20.1 Å². The Balaban J connectivity index is 2.24. The second-order valence-corrected chi connectivity index (χ2v) is 6.64. The Labute approximate surface area is 157 Å². The van der Waals surface area contributed by atoms with Crippen molar-refractivity contribution in [3.05, 3.63) is 56.2 Å². The molecule has 3 N–H and O–H groups in total. The molecule has 0 aliphatic rings. The summed E-state index contributed by atoms with van der Waals surface area (Å²) in [6, 6.07) is 7.58. The van der Waals surface area contributed by atoms with E-state index >= 15 is 0 Å². The van der Waals surface area contributed by atoms with E-state index in [1.165, 1.54) is 11.6 Å². The molecule has 2 aromatic rings. The van der Waals surface area contributed by atoms with Gasteiger partial charge >= 0.3 is 5.69 Å². The lowest BCUT2D eigenvalue weighted by atomic mass is 10.1. The second-order valence-electron chi connectivity index (χ2n) is 6.64. The number of rotatable bonds is 8. The molecule has 1 atom stereocenters. The van der Waals surface area contributed by atoms with Crippen molar-refractivity contribution < 1.29 is 14.4 Å². The number of anilines is 1. The van der Waals surface area contributed by atoms with Gasteiger partial charge in [-0.05, 0) is 30.7 Å². The van der Waals surface area contributed by atoms with Crippen LogP contribution in [0.4, 0.5) is 5.82 Å². The van der Waals surface area contributed by atoms with Crippen LogP contribution in [0.25, 0.3) is 0 Å². The van der Waals surface area contributed by atoms with Crippen LogP contribution < -0.4 is 26.6 Å². The van der Waals surface area contributed by atoms with Crippen LogP contribution in [0, 0.1) is 0 Å². The molecule has 1 heterocycles. The molecule has 0 saturated carbocycles. The van der Waals surface area contributed by atoms with Gasteiger partial charge in [0.25, 0.3) is 5.56 Å². The molecule has 1 unspecified atom stereocenters. The normalized spacial score (nSPS) is 12.0. The molecule has 0 saturated heterocycles. The highest BCUT2D eigenvalue weighted by atomic mass is 16.5. The zero-order valence-electron chi connectivity index (χ0n) is 16.2. The number of aromatic nitrogens is 2. The van der Waals surface area contributed by atoms with Gasteiger partial charge in [-0.1, -0.05) is 6.92 Å². The van der Waals surface area contributed by atoms with Gasteiger partial charge in [-0.2, -0.15) is 0 Å². The van der Waals surface area contributed by atoms with E-state index in [1.807, 2.05) is 38.2 Å². The number of hydrogen-bond donors (Lipinski definition) is 2. The highest BCUT2D eigenvalue weighted by Gasteiger charge is 2.23. The summed E-state index contributed by atoms with van der Waals surface area (Å²) in [5.41, 5.74) is 5.78. The highest BCUT2D eigenvalue weighted by molar-refractivity contribution is 6.00. The van der Waals surface area contributed by atoms with Crippen molar-refractivity contribution in [3.63, 3.8) is 0 Å². The Kier molecular flexibility index (Phi) is 6.57. The number of hydrogen-bond acceptors (Lipinski definition) is 5. The number of methoxy groups -OCH3 is 1. The fraction of sp³-hybridized carbons (Fsp3) is 0.421. The minimum Gasteiger partial charge on any atom is -0.497 e. The summed E-state index contributed by atoms with van der Waals surface area (Å²) < 4.78 is 7.36. The molecular weight excluding hydrogens is 348 g/mol. The number of likely N-dealkylation sites (N-methyl/N-ethyl adjacent to an activating group) is 1. The van der Waals surface area contributed by atoms with E-state index in [0.717, 1.165) is 20.8 Å². The topological polar surface area (TPSA) is 101 Å². The summed E-state index contributed by atoms with van der Waals surface area (Å²) in [6.45, 7) is 2.94. The zero-order valence-corrected chi connectivity index (χ0v) is 16.2. The lowest BCUT2D eigenvalue weighted by molar-refractivity contribution is -0.884. The molecule has 0 spiro atoms. The van der Waals surface area contributed by atoms with E-state index in [1.54, 1.807) is 7.11 Å². The maximum Gasteiger partial charge on any atom is 0.332 e. The molecule has 8 nitrogen and oxygen atoms in total. The summed E-state index contributed by atoms with van der Waals surface area (Å²) >= 11 is 0. The van der Waals surface area contributed by atoms with Crippen LogP contribution in [0.15, 0.2) is 33.9 Å². The number of benzene rings is 1. The highest BCUT2D eigenvalue weighted by Crippen LogP contribution is 2.10. The fourth-order valence-electron chi connectivity index (χ4n) is 3.00. The van der Waals surface area contributed by atoms with E-state index in [-0.39, 0.29) is 23.7 Å². The van der Waals surface area contributed by atoms with Crippen LogP contribution in [0.3, 0.4) is 0 Å². The predicted molar refractivity (Wildman–Crippen MR) is 103 cm³/mol. The zero-order chi connectivity index (χ0) is 20.1. The van der Waals surface area contributed by atoms with Crippen molar-refractivity contribution in [2.24, 2.45) is 7.05 Å². The first kappa shape index (κ1) is 20.4. The quantitative estimate of drug-likeness (QED) is 0.603. The third-order valence-corrected chi connectivity index (χ3v) is 4.44. The van der Waals surface area contributed by atoms with Crippen molar-refractivity contribution in [1.82, 2.24) is 9.13 Å². The molecule has 27 heavy (non-hydrogen) atoms. The third kappa shape index (κ3) is 4.46. The van der Waals surface area contributed by atoms with Gasteiger partial charge in [-0.25, -0.2) is 4.79 Å². The van der Waals surface area contributed by atoms with Crippen LogP contribution in [0.1, 0.15) is 29.3 Å². The molecule has 8 heteroatoms. The lowest BCUT2D eigenvalue weighted by Crippen LogP contribution is -3.08. The van der Waals surface area contributed by atoms with E-state index in [0.29, 0.717) is 19.5 Å². The molecule has 1 aromatic carbocycles. The minimum absolute atomic E-state index is 0.0489. The summed E-state index contributed by atoms with van der Waals surface area (Å²) in [6.07, 6.45) is 0.665. The van der Waals surface area contributed by atoms with Gasteiger partial charge in [-0.3, -0.25) is 18.7 Å². The number of carbonyl (C=O) groups is 1. The van der Waals surface area contributed by atoms with Crippen molar-refractivity contribution in [1.29, 1.82) is 0 Å². The standard InChI is InChI=1S/C19H26N4O4/c1-5-10-23-17(20)16(18(25)22(3)19(23)26)15(24)12-21(2)11-13-6-8-14(27-4)9-7-13/h6-9H,5,10-12,20H2,1-4H3/p+1. The molecule has 2 rings (SSSR count). The van der Waals surface area contributed by atoms with Crippen molar-refractivity contribution in [2.75, 3.05) is 26.4 Å². The predicted octanol–water partition coefficient (Wildman–Crippen LogP) is -0.555. The van der Waals surface area contributed by atoms with E-state index in [2.05, 4.69) is 0 Å². The maximum absolute atomic E-state index is 12.8. The largest absolute Gasteiger partial charge is 0.497 e. The van der Waals surface area contributed by atoms with Gasteiger partial charge in [-0.15, -0.1) is 0 Å². The van der Waals surface area contributed by atoms with E-state index < -0.39 is 11.2 Å². The van der Waals surface area contributed by atoms with Gasteiger partial charge in [0.2, 0.25) is 5.78 Å². The average molecular weight is 375 g/mol. The van der Waals surface area contributed by atoms with Crippen LogP contribution >= 0.6 is 0 Å². The van der Waals surface area contributed by atoms with Gasteiger partial charge in [0.15, 0.2) is 0 Å². The first-order chi connectivity index (χ1) is 12.8. The van der Waals surface area contributed by atoms with Crippen LogP contribution in [0.2, 0.25) is 0 Å². The summed E-state index contributed by atoms with van der Waals surface area (Å²) in [4.78, 5) is 38.3. The summed E-state index contributed by atoms with van der Waals surface area (Å²) in [7, 11) is 4.83. The van der Waals surface area contributed by atoms with Gasteiger partial charge in [0.1, 0.15) is 30.2 Å². The Morgan fingerprint density at radius 2 is 1.85 bits per heavy atom. The molecule has 0 aliphatic heterocycles. The fourth-order valence-corrected chi connectivity index (χ4v) is 3.00. The number of nitrogens with one attached hydrogen (secondary N) is 1.